The third kappa shape index (κ3) is 4.87. The Morgan fingerprint density at radius 3 is 2.58 bits per heavy atom. The predicted molar refractivity (Wildman–Crippen MR) is 126 cm³/mol. The fraction of sp³-hybridized carbons (Fsp3) is 0.125. The Kier molecular flexibility index (Phi) is 6.40. The predicted octanol–water partition coefficient (Wildman–Crippen LogP) is 3.83. The second kappa shape index (κ2) is 9.73. The van der Waals surface area contributed by atoms with E-state index in [1.54, 1.807) is 22.4 Å². The number of anilines is 1. The number of nitrogens with one attached hydrogen (secondary N) is 1. The van der Waals surface area contributed by atoms with E-state index >= 15 is 0 Å². The molecule has 0 aliphatic carbocycles. The van der Waals surface area contributed by atoms with Crippen molar-refractivity contribution in [1.82, 2.24) is 29.4 Å². The van der Waals surface area contributed by atoms with E-state index in [1.807, 2.05) is 74.8 Å². The van der Waals surface area contributed by atoms with E-state index in [4.69, 9.17) is 4.74 Å². The maximum Gasteiger partial charge on any atom is 0.170 e. The molecule has 1 aromatic carbocycles. The summed E-state index contributed by atoms with van der Waals surface area (Å²) in [4.78, 5) is 19.8. The smallest absolute Gasteiger partial charge is 0.170 e. The molecule has 0 aliphatic rings. The molecule has 0 fully saturated rings. The summed E-state index contributed by atoms with van der Waals surface area (Å²) in [6, 6.07) is 19.0. The molecule has 9 heteroatoms. The van der Waals surface area contributed by atoms with Gasteiger partial charge in [0.15, 0.2) is 17.8 Å². The highest BCUT2D eigenvalue weighted by Gasteiger charge is 2.13. The minimum atomic E-state index is 0.349. The Balaban J connectivity index is 0.000000219. The molecule has 0 bridgehead atoms. The highest BCUT2D eigenvalue weighted by atomic mass is 16.5. The van der Waals surface area contributed by atoms with Crippen molar-refractivity contribution in [2.24, 2.45) is 0 Å². The fourth-order valence-electron chi connectivity index (χ4n) is 3.21. The number of methoxy groups -OCH3 is 1. The van der Waals surface area contributed by atoms with Gasteiger partial charge in [-0.3, -0.25) is 4.79 Å². The largest absolute Gasteiger partial charge is 0.497 e. The number of carbonyl (C=O) groups excluding carboxylic acids is 1. The lowest BCUT2D eigenvalue weighted by Gasteiger charge is -2.07. The van der Waals surface area contributed by atoms with E-state index in [9.17, 15) is 4.79 Å². The van der Waals surface area contributed by atoms with Gasteiger partial charge in [-0.05, 0) is 61.5 Å². The van der Waals surface area contributed by atoms with Gasteiger partial charge in [0.1, 0.15) is 17.8 Å². The lowest BCUT2D eigenvalue weighted by atomic mass is 10.2. The molecule has 9 nitrogen and oxygen atoms in total. The number of hydrogen-bond donors (Lipinski definition) is 1. The molecule has 4 heterocycles. The van der Waals surface area contributed by atoms with E-state index in [2.05, 4.69) is 25.5 Å². The van der Waals surface area contributed by atoms with Crippen molar-refractivity contribution in [3.63, 3.8) is 0 Å². The first-order valence-electron chi connectivity index (χ1n) is 10.2. The van der Waals surface area contributed by atoms with Crippen LogP contribution in [0.2, 0.25) is 0 Å². The van der Waals surface area contributed by atoms with Crippen LogP contribution in [0.4, 0.5) is 5.69 Å². The summed E-state index contributed by atoms with van der Waals surface area (Å²) in [5.74, 6) is 1.55. The van der Waals surface area contributed by atoms with Crippen molar-refractivity contribution < 1.29 is 9.53 Å². The van der Waals surface area contributed by atoms with E-state index in [-0.39, 0.29) is 0 Å². The van der Waals surface area contributed by atoms with Gasteiger partial charge in [-0.2, -0.15) is 10.2 Å². The summed E-state index contributed by atoms with van der Waals surface area (Å²) in [6.07, 6.45) is 4.07. The van der Waals surface area contributed by atoms with Gasteiger partial charge >= 0.3 is 0 Å². The first-order valence-corrected chi connectivity index (χ1v) is 10.2. The molecule has 5 rings (SSSR count). The van der Waals surface area contributed by atoms with Crippen LogP contribution in [0.1, 0.15) is 16.2 Å². The zero-order valence-electron chi connectivity index (χ0n) is 18.5. The molecule has 166 valence electrons. The number of rotatable bonds is 5. The number of fused-ring (bicyclic) bond motifs is 1. The molecule has 0 aliphatic heterocycles. The van der Waals surface area contributed by atoms with Gasteiger partial charge in [0, 0.05) is 30.2 Å². The Bertz CT molecular complexity index is 1350. The molecule has 33 heavy (non-hydrogen) atoms. The Labute approximate surface area is 190 Å². The second-order valence-corrected chi connectivity index (χ2v) is 7.08. The van der Waals surface area contributed by atoms with Crippen molar-refractivity contribution in [1.29, 1.82) is 0 Å². The minimum Gasteiger partial charge on any atom is -0.497 e. The summed E-state index contributed by atoms with van der Waals surface area (Å²) in [5, 5.41) is 11.5. The summed E-state index contributed by atoms with van der Waals surface area (Å²) in [5.41, 5.74) is 4.71. The molecule has 0 saturated carbocycles. The lowest BCUT2D eigenvalue weighted by Crippen LogP contribution is -2.03. The summed E-state index contributed by atoms with van der Waals surface area (Å²) >= 11 is 0. The van der Waals surface area contributed by atoms with Gasteiger partial charge in [0.25, 0.3) is 0 Å². The number of carbonyl (C=O) groups is 1. The molecule has 4 aromatic heterocycles. The summed E-state index contributed by atoms with van der Waals surface area (Å²) in [6.45, 7) is 1.91. The highest BCUT2D eigenvalue weighted by Crippen LogP contribution is 2.23. The maximum absolute atomic E-state index is 11.1. The topological polar surface area (TPSA) is 99.2 Å². The van der Waals surface area contributed by atoms with Crippen LogP contribution in [0.3, 0.4) is 0 Å². The van der Waals surface area contributed by atoms with Gasteiger partial charge in [-0.15, -0.1) is 0 Å². The summed E-state index contributed by atoms with van der Waals surface area (Å²) in [7, 11) is 3.55. The van der Waals surface area contributed by atoms with Crippen molar-refractivity contribution in [2.75, 3.05) is 19.5 Å². The molecular formula is C24H23N7O2. The van der Waals surface area contributed by atoms with Gasteiger partial charge < -0.3 is 10.1 Å². The highest BCUT2D eigenvalue weighted by molar-refractivity contribution is 5.76. The first kappa shape index (κ1) is 21.7. The first-order chi connectivity index (χ1) is 16.1. The molecule has 1 N–H and O–H groups in total. The van der Waals surface area contributed by atoms with Gasteiger partial charge in [-0.25, -0.2) is 19.2 Å². The molecule has 5 aromatic rings. The van der Waals surface area contributed by atoms with Crippen molar-refractivity contribution in [2.45, 2.75) is 6.92 Å². The average Bonchev–Trinajstić information content (AvgIpc) is 3.51. The zero-order chi connectivity index (χ0) is 23.2. The fourth-order valence-corrected chi connectivity index (χ4v) is 3.21. The number of benzene rings is 1. The number of aldehydes is 1. The number of ether oxygens (including phenoxy) is 1. The zero-order valence-corrected chi connectivity index (χ0v) is 18.5. The second-order valence-electron chi connectivity index (χ2n) is 7.08. The molecule has 0 atom stereocenters. The van der Waals surface area contributed by atoms with E-state index in [0.29, 0.717) is 11.5 Å². The van der Waals surface area contributed by atoms with Gasteiger partial charge in [0.2, 0.25) is 0 Å². The molecule has 0 saturated heterocycles. The number of aromatic nitrogens is 6. The molecule has 0 radical (unpaired) electrons. The van der Waals surface area contributed by atoms with Crippen LogP contribution in [-0.4, -0.2) is 49.8 Å². The molecule has 0 spiro atoms. The van der Waals surface area contributed by atoms with Crippen LogP contribution < -0.4 is 10.1 Å². The van der Waals surface area contributed by atoms with Crippen LogP contribution in [0.15, 0.2) is 73.2 Å². The Morgan fingerprint density at radius 2 is 1.88 bits per heavy atom. The Morgan fingerprint density at radius 1 is 1.06 bits per heavy atom. The molecular weight excluding hydrogens is 418 g/mol. The lowest BCUT2D eigenvalue weighted by molar-refractivity contribution is 0.111. The SMILES string of the molecule is CNc1ccc(OC)cc1.Cc1cccc(-n2nc(C=O)cc2-c2ccc3ncnn3c2)n1. The van der Waals surface area contributed by atoms with E-state index in [1.165, 1.54) is 6.33 Å². The Hall–Kier alpha value is -4.53. The molecule has 0 unspecified atom stereocenters. The summed E-state index contributed by atoms with van der Waals surface area (Å²) < 4.78 is 8.32. The van der Waals surface area contributed by atoms with Crippen LogP contribution in [0, 0.1) is 6.92 Å². The van der Waals surface area contributed by atoms with Crippen LogP contribution in [-0.2, 0) is 0 Å². The van der Waals surface area contributed by atoms with E-state index < -0.39 is 0 Å². The van der Waals surface area contributed by atoms with Crippen molar-refractivity contribution in [3.05, 3.63) is 84.6 Å². The van der Waals surface area contributed by atoms with Crippen LogP contribution in [0.25, 0.3) is 22.7 Å². The third-order valence-corrected chi connectivity index (χ3v) is 4.89. The van der Waals surface area contributed by atoms with Crippen molar-refractivity contribution in [3.8, 4) is 22.8 Å². The monoisotopic (exact) mass is 441 g/mol. The maximum atomic E-state index is 11.1. The van der Waals surface area contributed by atoms with Crippen LogP contribution in [0.5, 0.6) is 5.75 Å². The minimum absolute atomic E-state index is 0.349. The van der Waals surface area contributed by atoms with E-state index in [0.717, 1.165) is 40.3 Å². The molecule has 0 amide bonds. The van der Waals surface area contributed by atoms with Gasteiger partial charge in [-0.1, -0.05) is 6.07 Å². The number of pyridine rings is 2. The quantitative estimate of drug-likeness (QED) is 0.414. The number of nitrogens with zero attached hydrogens (tertiary/aromatic N) is 6. The van der Waals surface area contributed by atoms with Gasteiger partial charge in [0.05, 0.1) is 12.8 Å². The normalized spacial score (nSPS) is 10.4. The number of hydrogen-bond acceptors (Lipinski definition) is 7. The third-order valence-electron chi connectivity index (χ3n) is 4.89. The number of aryl methyl sites for hydroxylation is 1. The standard InChI is InChI=1S/C16H12N6O.C8H11NO/c1-11-3-2-4-16(19-11)22-14(7-13(9-23)20-22)12-5-6-15-17-10-18-21(15)8-12;1-9-7-3-5-8(10-2)6-4-7/h2-10H,1H3;3-6,9H,1-2H3. The average molecular weight is 441 g/mol. The van der Waals surface area contributed by atoms with Crippen LogP contribution >= 0.6 is 0 Å². The van der Waals surface area contributed by atoms with Crippen molar-refractivity contribution >= 4 is 17.6 Å².